The number of hydrogen-bond acceptors (Lipinski definition) is 4. The van der Waals surface area contributed by atoms with E-state index in [4.69, 9.17) is 9.84 Å². The van der Waals surface area contributed by atoms with Crippen LogP contribution in [0.4, 0.5) is 5.69 Å². The first-order valence-electron chi connectivity index (χ1n) is 7.38. The van der Waals surface area contributed by atoms with E-state index in [9.17, 15) is 13.2 Å². The number of aryl methyl sites for hydroxylation is 1. The molecule has 6 nitrogen and oxygen atoms in total. The number of aliphatic carboxylic acids is 1. The van der Waals surface area contributed by atoms with Gasteiger partial charge in [0.25, 0.3) is 10.0 Å². The minimum absolute atomic E-state index is 0.0381. The summed E-state index contributed by atoms with van der Waals surface area (Å²) in [6.07, 6.45) is 0. The van der Waals surface area contributed by atoms with Crippen LogP contribution >= 0.6 is 0 Å². The highest BCUT2D eigenvalue weighted by molar-refractivity contribution is 7.92. The maximum absolute atomic E-state index is 12.9. The predicted octanol–water partition coefficient (Wildman–Crippen LogP) is 2.67. The summed E-state index contributed by atoms with van der Waals surface area (Å²) in [4.78, 5) is 11.2. The molecule has 0 spiro atoms. The number of anilines is 1. The molecule has 2 aromatic rings. The Morgan fingerprint density at radius 1 is 1.17 bits per heavy atom. The molecule has 0 aliphatic heterocycles. The Morgan fingerprint density at radius 3 is 2.42 bits per heavy atom. The lowest BCUT2D eigenvalue weighted by Gasteiger charge is -2.23. The van der Waals surface area contributed by atoms with Gasteiger partial charge >= 0.3 is 5.97 Å². The molecule has 0 atom stereocenters. The summed E-state index contributed by atoms with van der Waals surface area (Å²) in [5, 5.41) is 9.13. The van der Waals surface area contributed by atoms with E-state index < -0.39 is 22.5 Å². The van der Waals surface area contributed by atoms with Crippen molar-refractivity contribution in [3.63, 3.8) is 0 Å². The van der Waals surface area contributed by atoms with Gasteiger partial charge in [0.1, 0.15) is 12.3 Å². The summed E-state index contributed by atoms with van der Waals surface area (Å²) in [6.45, 7) is 3.40. The van der Waals surface area contributed by atoms with Gasteiger partial charge in [-0.15, -0.1) is 0 Å². The molecule has 0 bridgehead atoms. The van der Waals surface area contributed by atoms with E-state index in [2.05, 4.69) is 0 Å². The maximum Gasteiger partial charge on any atom is 0.324 e. The van der Waals surface area contributed by atoms with E-state index in [0.29, 0.717) is 12.4 Å². The minimum atomic E-state index is -4.00. The molecule has 2 aromatic carbocycles. The van der Waals surface area contributed by atoms with E-state index in [1.54, 1.807) is 24.3 Å². The van der Waals surface area contributed by atoms with Gasteiger partial charge in [-0.3, -0.25) is 9.10 Å². The lowest BCUT2D eigenvalue weighted by molar-refractivity contribution is -0.135. The Bertz CT molecular complexity index is 815. The zero-order chi connectivity index (χ0) is 17.7. The number of carbonyl (C=O) groups is 1. The average Bonchev–Trinajstić information content (AvgIpc) is 2.53. The highest BCUT2D eigenvalue weighted by Crippen LogP contribution is 2.27. The van der Waals surface area contributed by atoms with Crippen molar-refractivity contribution in [3.8, 4) is 5.75 Å². The molecule has 24 heavy (non-hydrogen) atoms. The Kier molecular flexibility index (Phi) is 5.46. The van der Waals surface area contributed by atoms with Crippen molar-refractivity contribution in [2.24, 2.45) is 0 Å². The Labute approximate surface area is 141 Å². The van der Waals surface area contributed by atoms with Gasteiger partial charge in [-0.2, -0.15) is 0 Å². The quantitative estimate of drug-likeness (QED) is 0.831. The molecule has 0 saturated heterocycles. The molecule has 0 amide bonds. The van der Waals surface area contributed by atoms with Crippen LogP contribution in [0.3, 0.4) is 0 Å². The van der Waals surface area contributed by atoms with Gasteiger partial charge in [0, 0.05) is 6.07 Å². The second-order valence-corrected chi connectivity index (χ2v) is 7.01. The standard InChI is InChI=1S/C17H19NO5S/c1-3-23-15-6-4-5-14(11-15)18(12-17(19)20)24(21,22)16-9-7-13(2)8-10-16/h4-11H,3,12H2,1-2H3,(H,19,20). The van der Waals surface area contributed by atoms with Crippen molar-refractivity contribution in [1.29, 1.82) is 0 Å². The van der Waals surface area contributed by atoms with E-state index in [1.165, 1.54) is 24.3 Å². The number of ether oxygens (including phenoxy) is 1. The summed E-state index contributed by atoms with van der Waals surface area (Å²) in [6, 6.07) is 12.6. The van der Waals surface area contributed by atoms with Gasteiger partial charge in [0.05, 0.1) is 17.2 Å². The summed E-state index contributed by atoms with van der Waals surface area (Å²) >= 11 is 0. The molecule has 128 valence electrons. The first-order valence-corrected chi connectivity index (χ1v) is 8.82. The second kappa shape index (κ2) is 7.35. The molecule has 0 fully saturated rings. The van der Waals surface area contributed by atoms with Gasteiger partial charge in [0.15, 0.2) is 0 Å². The summed E-state index contributed by atoms with van der Waals surface area (Å²) in [7, 11) is -4.00. The zero-order valence-corrected chi connectivity index (χ0v) is 14.3. The lowest BCUT2D eigenvalue weighted by Crippen LogP contribution is -2.35. The Balaban J connectivity index is 2.50. The van der Waals surface area contributed by atoms with Gasteiger partial charge in [-0.25, -0.2) is 8.42 Å². The summed E-state index contributed by atoms with van der Waals surface area (Å²) in [5.41, 5.74) is 1.15. The molecule has 0 aliphatic rings. The summed E-state index contributed by atoms with van der Waals surface area (Å²) in [5.74, 6) is -0.767. The molecular weight excluding hydrogens is 330 g/mol. The molecule has 0 aromatic heterocycles. The highest BCUT2D eigenvalue weighted by Gasteiger charge is 2.27. The van der Waals surface area contributed by atoms with Crippen LogP contribution in [0, 0.1) is 6.92 Å². The normalized spacial score (nSPS) is 11.1. The third kappa shape index (κ3) is 4.05. The molecule has 0 aliphatic carbocycles. The smallest absolute Gasteiger partial charge is 0.324 e. The number of hydrogen-bond donors (Lipinski definition) is 1. The fourth-order valence-corrected chi connectivity index (χ4v) is 3.58. The third-order valence-electron chi connectivity index (χ3n) is 3.30. The van der Waals surface area contributed by atoms with Crippen LogP contribution in [-0.4, -0.2) is 32.6 Å². The average molecular weight is 349 g/mol. The fraction of sp³-hybridized carbons (Fsp3) is 0.235. The number of carboxylic acid groups (broad SMARTS) is 1. The number of rotatable bonds is 7. The van der Waals surface area contributed by atoms with Crippen LogP contribution in [0.25, 0.3) is 0 Å². The predicted molar refractivity (Wildman–Crippen MR) is 91.0 cm³/mol. The van der Waals surface area contributed by atoms with Crippen LogP contribution in [0.5, 0.6) is 5.75 Å². The van der Waals surface area contributed by atoms with Crippen LogP contribution in [0.15, 0.2) is 53.4 Å². The molecular formula is C17H19NO5S. The molecule has 2 rings (SSSR count). The highest BCUT2D eigenvalue weighted by atomic mass is 32.2. The molecule has 1 N–H and O–H groups in total. The third-order valence-corrected chi connectivity index (χ3v) is 5.09. The van der Waals surface area contributed by atoms with Crippen LogP contribution in [-0.2, 0) is 14.8 Å². The molecule has 0 heterocycles. The number of sulfonamides is 1. The first-order chi connectivity index (χ1) is 11.3. The fourth-order valence-electron chi connectivity index (χ4n) is 2.17. The lowest BCUT2D eigenvalue weighted by atomic mass is 10.2. The molecule has 0 saturated carbocycles. The topological polar surface area (TPSA) is 83.9 Å². The van der Waals surface area contributed by atoms with E-state index in [1.807, 2.05) is 13.8 Å². The van der Waals surface area contributed by atoms with Crippen molar-refractivity contribution in [2.75, 3.05) is 17.5 Å². The zero-order valence-electron chi connectivity index (χ0n) is 13.5. The van der Waals surface area contributed by atoms with Crippen LogP contribution in [0.1, 0.15) is 12.5 Å². The SMILES string of the molecule is CCOc1cccc(N(CC(=O)O)S(=O)(=O)c2ccc(C)cc2)c1. The molecule has 0 radical (unpaired) electrons. The van der Waals surface area contributed by atoms with Crippen molar-refractivity contribution >= 4 is 21.7 Å². The van der Waals surface area contributed by atoms with Crippen molar-refractivity contribution < 1.29 is 23.1 Å². The van der Waals surface area contributed by atoms with Crippen LogP contribution < -0.4 is 9.04 Å². The second-order valence-electron chi connectivity index (χ2n) is 5.15. The Morgan fingerprint density at radius 2 is 1.83 bits per heavy atom. The van der Waals surface area contributed by atoms with Crippen molar-refractivity contribution in [3.05, 3.63) is 54.1 Å². The minimum Gasteiger partial charge on any atom is -0.494 e. The first kappa shape index (κ1) is 17.8. The van der Waals surface area contributed by atoms with E-state index in [-0.39, 0.29) is 10.6 Å². The van der Waals surface area contributed by atoms with Gasteiger partial charge in [-0.1, -0.05) is 23.8 Å². The molecule has 7 heteroatoms. The van der Waals surface area contributed by atoms with Gasteiger partial charge in [-0.05, 0) is 38.1 Å². The van der Waals surface area contributed by atoms with E-state index >= 15 is 0 Å². The van der Waals surface area contributed by atoms with Gasteiger partial charge in [0.2, 0.25) is 0 Å². The van der Waals surface area contributed by atoms with Crippen molar-refractivity contribution in [1.82, 2.24) is 0 Å². The number of carboxylic acids is 1. The molecule has 0 unspecified atom stereocenters. The number of nitrogens with zero attached hydrogens (tertiary/aromatic N) is 1. The van der Waals surface area contributed by atoms with Gasteiger partial charge < -0.3 is 9.84 Å². The largest absolute Gasteiger partial charge is 0.494 e. The van der Waals surface area contributed by atoms with Crippen LogP contribution in [0.2, 0.25) is 0 Å². The number of benzene rings is 2. The van der Waals surface area contributed by atoms with Crippen molar-refractivity contribution in [2.45, 2.75) is 18.7 Å². The maximum atomic E-state index is 12.9. The Hall–Kier alpha value is -2.54. The monoisotopic (exact) mass is 349 g/mol. The van der Waals surface area contributed by atoms with E-state index in [0.717, 1.165) is 9.87 Å². The summed E-state index contributed by atoms with van der Waals surface area (Å²) < 4.78 is 32.0.